The van der Waals surface area contributed by atoms with Crippen LogP contribution < -0.4 is 9.80 Å². The van der Waals surface area contributed by atoms with Crippen LogP contribution in [-0.2, 0) is 16.0 Å². The second-order valence-electron chi connectivity index (χ2n) is 7.40. The average molecular weight is 401 g/mol. The van der Waals surface area contributed by atoms with Gasteiger partial charge in [0.15, 0.2) is 0 Å². The quantitative estimate of drug-likeness (QED) is 0.598. The molecule has 5 rings (SSSR count). The molecule has 2 aromatic carbocycles. The molecule has 0 aliphatic carbocycles. The first-order valence-electron chi connectivity index (χ1n) is 9.66. The van der Waals surface area contributed by atoms with Gasteiger partial charge < -0.3 is 4.90 Å². The number of para-hydroxylation sites is 1. The molecule has 0 saturated carbocycles. The number of thiophene rings is 1. The molecule has 0 spiro atoms. The largest absolute Gasteiger partial charge is 0.336 e. The average Bonchev–Trinajstić information content (AvgIpc) is 3.43. The van der Waals surface area contributed by atoms with Crippen LogP contribution >= 0.6 is 11.3 Å². The minimum absolute atomic E-state index is 0.245. The van der Waals surface area contributed by atoms with Crippen molar-refractivity contribution in [2.24, 2.45) is 0 Å². The van der Waals surface area contributed by atoms with Gasteiger partial charge in [0.2, 0.25) is 0 Å². The minimum Gasteiger partial charge on any atom is -0.336 e. The number of nitrogens with zero attached hydrogens (tertiary/aromatic N) is 2. The zero-order chi connectivity index (χ0) is 20.1. The Morgan fingerprint density at radius 2 is 1.66 bits per heavy atom. The van der Waals surface area contributed by atoms with Crippen molar-refractivity contribution in [3.63, 3.8) is 0 Å². The Labute approximate surface area is 173 Å². The van der Waals surface area contributed by atoms with Gasteiger partial charge in [-0.2, -0.15) is 0 Å². The fraction of sp³-hybridized carbons (Fsp3) is 0.167. The lowest BCUT2D eigenvalue weighted by Crippen LogP contribution is -2.35. The number of hydrogen-bond acceptors (Lipinski definition) is 4. The lowest BCUT2D eigenvalue weighted by molar-refractivity contribution is -0.120. The van der Waals surface area contributed by atoms with Crippen LogP contribution in [-0.4, -0.2) is 18.4 Å². The van der Waals surface area contributed by atoms with Crippen LogP contribution in [0.2, 0.25) is 0 Å². The lowest BCUT2D eigenvalue weighted by Gasteiger charge is -2.22. The van der Waals surface area contributed by atoms with Gasteiger partial charge in [-0.1, -0.05) is 36.4 Å². The molecule has 3 aromatic rings. The third kappa shape index (κ3) is 2.65. The van der Waals surface area contributed by atoms with Gasteiger partial charge in [-0.25, -0.2) is 4.90 Å². The number of amides is 2. The number of aryl methyl sites for hydroxylation is 1. The number of anilines is 2. The molecular weight excluding hydrogens is 380 g/mol. The molecule has 0 radical (unpaired) electrons. The van der Waals surface area contributed by atoms with Crippen molar-refractivity contribution in [3.05, 3.63) is 87.2 Å². The van der Waals surface area contributed by atoms with Gasteiger partial charge in [0.25, 0.3) is 11.8 Å². The van der Waals surface area contributed by atoms with Crippen LogP contribution in [0.1, 0.15) is 21.6 Å². The molecule has 0 saturated heterocycles. The molecule has 0 bridgehead atoms. The Balaban J connectivity index is 1.69. The molecular formula is C24H20N2O2S. The van der Waals surface area contributed by atoms with E-state index in [2.05, 4.69) is 6.07 Å². The maximum atomic E-state index is 13.7. The molecule has 3 heterocycles. The van der Waals surface area contributed by atoms with Gasteiger partial charge in [0, 0.05) is 17.1 Å². The summed E-state index contributed by atoms with van der Waals surface area (Å²) >= 11 is 1.49. The topological polar surface area (TPSA) is 40.6 Å². The van der Waals surface area contributed by atoms with Crippen molar-refractivity contribution in [1.29, 1.82) is 0 Å². The van der Waals surface area contributed by atoms with Crippen LogP contribution in [0.4, 0.5) is 11.4 Å². The monoisotopic (exact) mass is 400 g/mol. The van der Waals surface area contributed by atoms with E-state index in [0.717, 1.165) is 28.1 Å². The molecule has 2 aliphatic heterocycles. The van der Waals surface area contributed by atoms with E-state index in [1.807, 2.05) is 72.7 Å². The minimum atomic E-state index is -0.246. The molecule has 2 amide bonds. The highest BCUT2D eigenvalue weighted by Gasteiger charge is 2.44. The maximum Gasteiger partial charge on any atom is 0.282 e. The van der Waals surface area contributed by atoms with Gasteiger partial charge in [0.05, 0.1) is 11.3 Å². The van der Waals surface area contributed by atoms with E-state index in [4.69, 9.17) is 0 Å². The third-order valence-corrected chi connectivity index (χ3v) is 6.69. The van der Waals surface area contributed by atoms with Crippen LogP contribution in [0.15, 0.2) is 65.7 Å². The molecule has 1 aromatic heterocycles. The summed E-state index contributed by atoms with van der Waals surface area (Å²) in [7, 11) is 0. The summed E-state index contributed by atoms with van der Waals surface area (Å²) in [6.07, 6.45) is 0.863. The Morgan fingerprint density at radius 1 is 0.862 bits per heavy atom. The molecule has 0 fully saturated rings. The maximum absolute atomic E-state index is 13.7. The van der Waals surface area contributed by atoms with Crippen molar-refractivity contribution in [2.75, 3.05) is 16.3 Å². The lowest BCUT2D eigenvalue weighted by atomic mass is 10.1. The second-order valence-corrected chi connectivity index (χ2v) is 8.34. The summed E-state index contributed by atoms with van der Waals surface area (Å²) in [5.41, 5.74) is 5.88. The van der Waals surface area contributed by atoms with Gasteiger partial charge >= 0.3 is 0 Å². The third-order valence-electron chi connectivity index (χ3n) is 5.80. The molecule has 144 valence electrons. The van der Waals surface area contributed by atoms with Crippen LogP contribution in [0, 0.1) is 13.8 Å². The number of carbonyl (C=O) groups is 2. The molecule has 0 atom stereocenters. The first-order chi connectivity index (χ1) is 14.1. The van der Waals surface area contributed by atoms with E-state index >= 15 is 0 Å². The van der Waals surface area contributed by atoms with Crippen molar-refractivity contribution >= 4 is 40.1 Å². The SMILES string of the molecule is Cc1cccc(N2C(=O)C(c3cccs3)=C(N3CCc4ccccc43)C2=O)c1C. The van der Waals surface area contributed by atoms with Crippen molar-refractivity contribution in [2.45, 2.75) is 20.3 Å². The van der Waals surface area contributed by atoms with Crippen molar-refractivity contribution < 1.29 is 9.59 Å². The Morgan fingerprint density at radius 3 is 2.45 bits per heavy atom. The number of benzene rings is 2. The summed E-state index contributed by atoms with van der Waals surface area (Å²) < 4.78 is 0. The summed E-state index contributed by atoms with van der Waals surface area (Å²) in [6, 6.07) is 17.7. The molecule has 29 heavy (non-hydrogen) atoms. The molecule has 0 unspecified atom stereocenters. The van der Waals surface area contributed by atoms with Gasteiger partial charge in [-0.15, -0.1) is 11.3 Å². The Hall–Kier alpha value is -3.18. The van der Waals surface area contributed by atoms with E-state index in [1.165, 1.54) is 21.8 Å². The van der Waals surface area contributed by atoms with Crippen LogP contribution in [0.5, 0.6) is 0 Å². The molecule has 0 N–H and O–H groups in total. The number of rotatable bonds is 3. The number of carbonyl (C=O) groups excluding carboxylic acids is 2. The first-order valence-corrected chi connectivity index (χ1v) is 10.5. The van der Waals surface area contributed by atoms with Gasteiger partial charge in [0.1, 0.15) is 5.70 Å². The Bertz CT molecular complexity index is 1180. The molecule has 2 aliphatic rings. The smallest absolute Gasteiger partial charge is 0.282 e. The summed E-state index contributed by atoms with van der Waals surface area (Å²) in [5.74, 6) is -0.491. The number of imide groups is 1. The molecule has 4 nitrogen and oxygen atoms in total. The van der Waals surface area contributed by atoms with E-state index in [9.17, 15) is 9.59 Å². The zero-order valence-corrected chi connectivity index (χ0v) is 17.1. The highest BCUT2D eigenvalue weighted by atomic mass is 32.1. The fourth-order valence-electron chi connectivity index (χ4n) is 4.18. The van der Waals surface area contributed by atoms with E-state index in [1.54, 1.807) is 0 Å². The van der Waals surface area contributed by atoms with E-state index in [0.29, 0.717) is 23.5 Å². The normalized spacial score (nSPS) is 16.2. The fourth-order valence-corrected chi connectivity index (χ4v) is 4.94. The van der Waals surface area contributed by atoms with Crippen LogP contribution in [0.25, 0.3) is 5.57 Å². The van der Waals surface area contributed by atoms with Crippen molar-refractivity contribution in [1.82, 2.24) is 0 Å². The first kappa shape index (κ1) is 17.9. The predicted octanol–water partition coefficient (Wildman–Crippen LogP) is 4.71. The highest BCUT2D eigenvalue weighted by Crippen LogP contribution is 2.41. The predicted molar refractivity (Wildman–Crippen MR) is 117 cm³/mol. The summed E-state index contributed by atoms with van der Waals surface area (Å²) in [4.78, 5) is 31.5. The van der Waals surface area contributed by atoms with Crippen molar-refractivity contribution in [3.8, 4) is 0 Å². The molecule has 5 heteroatoms. The van der Waals surface area contributed by atoms with E-state index < -0.39 is 0 Å². The van der Waals surface area contributed by atoms with Gasteiger partial charge in [-0.05, 0) is 60.5 Å². The standard InChI is InChI=1S/C24H20N2O2S/c1-15-7-5-10-18(16(15)2)26-23(27)21(20-11-6-14-29-20)22(24(26)28)25-13-12-17-8-3-4-9-19(17)25/h3-11,14H,12-13H2,1-2H3. The number of fused-ring (bicyclic) bond motifs is 1. The Kier molecular flexibility index (Phi) is 4.14. The highest BCUT2D eigenvalue weighted by molar-refractivity contribution is 7.11. The van der Waals surface area contributed by atoms with Gasteiger partial charge in [-0.3, -0.25) is 9.59 Å². The van der Waals surface area contributed by atoms with Crippen LogP contribution in [0.3, 0.4) is 0 Å². The summed E-state index contributed by atoms with van der Waals surface area (Å²) in [6.45, 7) is 4.65. The number of hydrogen-bond donors (Lipinski definition) is 0. The zero-order valence-electron chi connectivity index (χ0n) is 16.3. The van der Waals surface area contributed by atoms with E-state index in [-0.39, 0.29) is 11.8 Å². The summed E-state index contributed by atoms with van der Waals surface area (Å²) in [5, 5.41) is 1.94. The second kappa shape index (κ2) is 6.71.